The van der Waals surface area contributed by atoms with Crippen LogP contribution in [0.2, 0.25) is 0 Å². The average molecular weight is 338 g/mol. The number of nitrogens with two attached hydrogens (primary N) is 1. The molecule has 1 aromatic carbocycles. The van der Waals surface area contributed by atoms with Crippen LogP contribution in [0.4, 0.5) is 5.69 Å². The van der Waals surface area contributed by atoms with Gasteiger partial charge in [0.25, 0.3) is 0 Å². The molecule has 108 valence electrons. The summed E-state index contributed by atoms with van der Waals surface area (Å²) in [6.45, 7) is 4.72. The van der Waals surface area contributed by atoms with Gasteiger partial charge in [-0.1, -0.05) is 29.8 Å². The number of amides is 1. The van der Waals surface area contributed by atoms with Gasteiger partial charge in [0.15, 0.2) is 0 Å². The van der Waals surface area contributed by atoms with Crippen LogP contribution in [0, 0.1) is 23.2 Å². The summed E-state index contributed by atoms with van der Waals surface area (Å²) in [6, 6.07) is 7.25. The van der Waals surface area contributed by atoms with Gasteiger partial charge in [-0.05, 0) is 43.0 Å². The SMILES string of the molecule is CC(C)CC(CN)CC(=O)Nc1cc(Br)ccc1C#N. The van der Waals surface area contributed by atoms with Crippen molar-refractivity contribution in [2.45, 2.75) is 26.7 Å². The standard InChI is InChI=1S/C15H20BrN3O/c1-10(2)5-11(8-17)6-15(20)19-14-7-13(16)4-3-12(14)9-18/h3-4,7,10-11H,5-6,8,17H2,1-2H3,(H,19,20). The smallest absolute Gasteiger partial charge is 0.224 e. The second kappa shape index (κ2) is 8.03. The Morgan fingerprint density at radius 2 is 2.20 bits per heavy atom. The third-order valence-electron chi connectivity index (χ3n) is 2.99. The van der Waals surface area contributed by atoms with E-state index >= 15 is 0 Å². The predicted octanol–water partition coefficient (Wildman–Crippen LogP) is 3.27. The number of nitrogens with zero attached hydrogens (tertiary/aromatic N) is 1. The van der Waals surface area contributed by atoms with E-state index in [1.165, 1.54) is 0 Å². The van der Waals surface area contributed by atoms with Crippen molar-refractivity contribution in [2.24, 2.45) is 17.6 Å². The summed E-state index contributed by atoms with van der Waals surface area (Å²) in [5, 5.41) is 11.8. The first-order valence-electron chi connectivity index (χ1n) is 6.65. The van der Waals surface area contributed by atoms with Crippen LogP contribution in [-0.4, -0.2) is 12.5 Å². The molecule has 1 unspecified atom stereocenters. The fraction of sp³-hybridized carbons (Fsp3) is 0.467. The molecule has 4 nitrogen and oxygen atoms in total. The Kier molecular flexibility index (Phi) is 6.69. The molecule has 0 aliphatic rings. The third kappa shape index (κ3) is 5.32. The van der Waals surface area contributed by atoms with Gasteiger partial charge in [0.05, 0.1) is 11.3 Å². The number of hydrogen-bond acceptors (Lipinski definition) is 3. The average Bonchev–Trinajstić information content (AvgIpc) is 2.37. The first kappa shape index (κ1) is 16.7. The van der Waals surface area contributed by atoms with E-state index in [1.54, 1.807) is 18.2 Å². The van der Waals surface area contributed by atoms with Gasteiger partial charge in [-0.15, -0.1) is 0 Å². The zero-order valence-corrected chi connectivity index (χ0v) is 13.4. The Bertz CT molecular complexity index is 508. The molecular weight excluding hydrogens is 318 g/mol. The summed E-state index contributed by atoms with van der Waals surface area (Å²) in [5.74, 6) is 0.584. The zero-order valence-electron chi connectivity index (χ0n) is 11.8. The van der Waals surface area contributed by atoms with E-state index in [4.69, 9.17) is 11.0 Å². The molecule has 1 atom stereocenters. The van der Waals surface area contributed by atoms with Gasteiger partial charge < -0.3 is 11.1 Å². The van der Waals surface area contributed by atoms with Crippen LogP contribution in [0.1, 0.15) is 32.3 Å². The van der Waals surface area contributed by atoms with Gasteiger partial charge in [-0.3, -0.25) is 4.79 Å². The molecule has 0 bridgehead atoms. The number of carbonyl (C=O) groups is 1. The highest BCUT2D eigenvalue weighted by Crippen LogP contribution is 2.22. The van der Waals surface area contributed by atoms with E-state index in [-0.39, 0.29) is 11.8 Å². The van der Waals surface area contributed by atoms with Crippen LogP contribution >= 0.6 is 15.9 Å². The number of nitrogens with one attached hydrogen (secondary N) is 1. The lowest BCUT2D eigenvalue weighted by Crippen LogP contribution is -2.23. The van der Waals surface area contributed by atoms with Gasteiger partial charge in [0.2, 0.25) is 5.91 Å². The highest BCUT2D eigenvalue weighted by molar-refractivity contribution is 9.10. The molecule has 0 spiro atoms. The summed E-state index contributed by atoms with van der Waals surface area (Å²) < 4.78 is 0.823. The first-order valence-corrected chi connectivity index (χ1v) is 7.45. The summed E-state index contributed by atoms with van der Waals surface area (Å²) >= 11 is 3.33. The van der Waals surface area contributed by atoms with Crippen molar-refractivity contribution < 1.29 is 4.79 Å². The molecule has 0 fully saturated rings. The Morgan fingerprint density at radius 3 is 2.75 bits per heavy atom. The maximum Gasteiger partial charge on any atom is 0.224 e. The number of hydrogen-bond donors (Lipinski definition) is 2. The maximum absolute atomic E-state index is 12.1. The van der Waals surface area contributed by atoms with Crippen molar-refractivity contribution in [1.29, 1.82) is 5.26 Å². The molecule has 0 saturated carbocycles. The minimum absolute atomic E-state index is 0.101. The molecule has 0 saturated heterocycles. The van der Waals surface area contributed by atoms with Gasteiger partial charge >= 0.3 is 0 Å². The molecule has 1 aromatic rings. The van der Waals surface area contributed by atoms with Crippen molar-refractivity contribution in [1.82, 2.24) is 0 Å². The molecule has 3 N–H and O–H groups in total. The molecular formula is C15H20BrN3O. The minimum atomic E-state index is -0.101. The van der Waals surface area contributed by atoms with E-state index in [9.17, 15) is 4.79 Å². The first-order chi connectivity index (χ1) is 9.46. The fourth-order valence-corrected chi connectivity index (χ4v) is 2.47. The summed E-state index contributed by atoms with van der Waals surface area (Å²) in [5.41, 5.74) is 6.69. The van der Waals surface area contributed by atoms with Crippen molar-refractivity contribution >= 4 is 27.5 Å². The maximum atomic E-state index is 12.1. The summed E-state index contributed by atoms with van der Waals surface area (Å²) in [4.78, 5) is 12.1. The van der Waals surface area contributed by atoms with Crippen LogP contribution in [0.15, 0.2) is 22.7 Å². The van der Waals surface area contributed by atoms with Crippen molar-refractivity contribution in [2.75, 3.05) is 11.9 Å². The van der Waals surface area contributed by atoms with E-state index < -0.39 is 0 Å². The van der Waals surface area contributed by atoms with Gasteiger partial charge in [-0.25, -0.2) is 0 Å². The monoisotopic (exact) mass is 337 g/mol. The highest BCUT2D eigenvalue weighted by Gasteiger charge is 2.15. The van der Waals surface area contributed by atoms with Gasteiger partial charge in [-0.2, -0.15) is 5.26 Å². The molecule has 5 heteroatoms. The van der Waals surface area contributed by atoms with Crippen LogP contribution in [0.25, 0.3) is 0 Å². The fourth-order valence-electron chi connectivity index (χ4n) is 2.11. The number of halogens is 1. The lowest BCUT2D eigenvalue weighted by molar-refractivity contribution is -0.117. The molecule has 0 heterocycles. The highest BCUT2D eigenvalue weighted by atomic mass is 79.9. The molecule has 1 rings (SSSR count). The van der Waals surface area contributed by atoms with Crippen LogP contribution in [0.5, 0.6) is 0 Å². The summed E-state index contributed by atoms with van der Waals surface area (Å²) in [7, 11) is 0. The lowest BCUT2D eigenvalue weighted by atomic mass is 9.94. The van der Waals surface area contributed by atoms with Crippen molar-refractivity contribution in [3.63, 3.8) is 0 Å². The second-order valence-electron chi connectivity index (χ2n) is 5.29. The number of nitriles is 1. The van der Waals surface area contributed by atoms with E-state index in [2.05, 4.69) is 41.2 Å². The van der Waals surface area contributed by atoms with Crippen molar-refractivity contribution in [3.8, 4) is 6.07 Å². The summed E-state index contributed by atoms with van der Waals surface area (Å²) in [6.07, 6.45) is 1.31. The van der Waals surface area contributed by atoms with Crippen LogP contribution in [-0.2, 0) is 4.79 Å². The lowest BCUT2D eigenvalue weighted by Gasteiger charge is -2.17. The topological polar surface area (TPSA) is 78.9 Å². The largest absolute Gasteiger partial charge is 0.330 e. The van der Waals surface area contributed by atoms with Crippen molar-refractivity contribution in [3.05, 3.63) is 28.2 Å². The number of carbonyl (C=O) groups excluding carboxylic acids is 1. The Balaban J connectivity index is 2.71. The normalized spacial score (nSPS) is 12.0. The van der Waals surface area contributed by atoms with E-state index in [0.29, 0.717) is 30.1 Å². The molecule has 0 aliphatic carbocycles. The zero-order chi connectivity index (χ0) is 15.1. The molecule has 20 heavy (non-hydrogen) atoms. The molecule has 0 aromatic heterocycles. The molecule has 0 radical (unpaired) electrons. The number of anilines is 1. The second-order valence-corrected chi connectivity index (χ2v) is 6.20. The van der Waals surface area contributed by atoms with Gasteiger partial charge in [0.1, 0.15) is 6.07 Å². The van der Waals surface area contributed by atoms with Crippen LogP contribution in [0.3, 0.4) is 0 Å². The third-order valence-corrected chi connectivity index (χ3v) is 3.48. The molecule has 0 aliphatic heterocycles. The van der Waals surface area contributed by atoms with Crippen LogP contribution < -0.4 is 11.1 Å². The number of rotatable bonds is 6. The molecule has 1 amide bonds. The van der Waals surface area contributed by atoms with Gasteiger partial charge in [0, 0.05) is 10.9 Å². The number of benzene rings is 1. The quantitative estimate of drug-likeness (QED) is 0.835. The van der Waals surface area contributed by atoms with E-state index in [0.717, 1.165) is 10.9 Å². The Labute approximate surface area is 128 Å². The minimum Gasteiger partial charge on any atom is -0.330 e. The Morgan fingerprint density at radius 1 is 1.50 bits per heavy atom. The predicted molar refractivity (Wildman–Crippen MR) is 84.1 cm³/mol. The van der Waals surface area contributed by atoms with E-state index in [1.807, 2.05) is 0 Å². The Hall–Kier alpha value is -1.38.